The monoisotopic (exact) mass is 169 g/mol. The largest absolute Gasteiger partial charge is 0.495 e. The first kappa shape index (κ1) is 6.42. The molecule has 0 aliphatic heterocycles. The Morgan fingerprint density at radius 1 is 1.45 bits per heavy atom. The number of hydrogen-bond acceptors (Lipinski definition) is 3. The Bertz CT molecular complexity index is 398. The minimum Gasteiger partial charge on any atom is -0.495 e. The topological polar surface area (TPSA) is 61.8 Å². The van der Waals surface area contributed by atoms with Crippen LogP contribution in [-0.2, 0) is 0 Å². The SMILES string of the molecule is Oc1cc2c(Cl)ncnc2[nH]1. The molecule has 2 N–H and O–H groups in total. The molecule has 5 heteroatoms. The Balaban J connectivity index is 2.90. The van der Waals surface area contributed by atoms with Crippen LogP contribution in [0.1, 0.15) is 0 Å². The van der Waals surface area contributed by atoms with E-state index < -0.39 is 0 Å². The van der Waals surface area contributed by atoms with Crippen molar-refractivity contribution in [3.8, 4) is 5.88 Å². The number of H-pyrrole nitrogens is 1. The number of rotatable bonds is 0. The molecule has 0 aliphatic carbocycles. The average molecular weight is 170 g/mol. The molecule has 0 radical (unpaired) electrons. The molecule has 56 valence electrons. The minimum atomic E-state index is 0.0439. The van der Waals surface area contributed by atoms with Gasteiger partial charge in [0.05, 0.1) is 5.39 Å². The van der Waals surface area contributed by atoms with Crippen molar-refractivity contribution < 1.29 is 5.11 Å². The summed E-state index contributed by atoms with van der Waals surface area (Å²) in [4.78, 5) is 10.2. The van der Waals surface area contributed by atoms with E-state index in [2.05, 4.69) is 15.0 Å². The predicted octanol–water partition coefficient (Wildman–Crippen LogP) is 1.32. The Kier molecular flexibility index (Phi) is 1.22. The highest BCUT2D eigenvalue weighted by Gasteiger charge is 2.03. The highest BCUT2D eigenvalue weighted by atomic mass is 35.5. The molecule has 11 heavy (non-hydrogen) atoms. The second-order valence-corrected chi connectivity index (χ2v) is 2.44. The highest BCUT2D eigenvalue weighted by Crippen LogP contribution is 2.22. The number of fused-ring (bicyclic) bond motifs is 1. The molecule has 4 nitrogen and oxygen atoms in total. The Hall–Kier alpha value is -1.29. The molecule has 2 rings (SSSR count). The third kappa shape index (κ3) is 0.914. The zero-order valence-corrected chi connectivity index (χ0v) is 6.13. The first-order valence-corrected chi connectivity index (χ1v) is 3.33. The number of aromatic nitrogens is 3. The molecule has 2 heterocycles. The normalized spacial score (nSPS) is 10.6. The number of nitrogens with one attached hydrogen (secondary N) is 1. The lowest BCUT2D eigenvalue weighted by Gasteiger charge is -1.87. The van der Waals surface area contributed by atoms with Crippen LogP contribution in [0.25, 0.3) is 11.0 Å². The van der Waals surface area contributed by atoms with Crippen LogP contribution in [0.5, 0.6) is 5.88 Å². The summed E-state index contributed by atoms with van der Waals surface area (Å²) < 4.78 is 0. The summed E-state index contributed by atoms with van der Waals surface area (Å²) in [5, 5.41) is 9.97. The lowest BCUT2D eigenvalue weighted by atomic mass is 10.4. The quantitative estimate of drug-likeness (QED) is 0.585. The first-order chi connectivity index (χ1) is 5.27. The van der Waals surface area contributed by atoms with E-state index in [4.69, 9.17) is 16.7 Å². The van der Waals surface area contributed by atoms with Crippen LogP contribution < -0.4 is 0 Å². The zero-order valence-electron chi connectivity index (χ0n) is 5.37. The van der Waals surface area contributed by atoms with Crippen molar-refractivity contribution in [3.63, 3.8) is 0 Å². The summed E-state index contributed by atoms with van der Waals surface area (Å²) in [7, 11) is 0. The van der Waals surface area contributed by atoms with Crippen LogP contribution in [0.15, 0.2) is 12.4 Å². The predicted molar refractivity (Wildman–Crippen MR) is 40.6 cm³/mol. The minimum absolute atomic E-state index is 0.0439. The van der Waals surface area contributed by atoms with Crippen LogP contribution in [0.3, 0.4) is 0 Å². The van der Waals surface area contributed by atoms with E-state index in [1.807, 2.05) is 0 Å². The molecule has 0 fully saturated rings. The molecule has 0 atom stereocenters. The standard InChI is InChI=1S/C6H4ClN3O/c7-5-3-1-4(11)10-6(3)9-2-8-5/h1-2,11H,(H,8,9,10). The lowest BCUT2D eigenvalue weighted by Crippen LogP contribution is -1.79. The maximum atomic E-state index is 9.00. The van der Waals surface area contributed by atoms with E-state index >= 15 is 0 Å². The van der Waals surface area contributed by atoms with Crippen molar-refractivity contribution >= 4 is 22.6 Å². The van der Waals surface area contributed by atoms with Gasteiger partial charge in [-0.15, -0.1) is 0 Å². The molecule has 2 aromatic heterocycles. The van der Waals surface area contributed by atoms with E-state index in [1.165, 1.54) is 12.4 Å². The molecular formula is C6H4ClN3O. The molecular weight excluding hydrogens is 166 g/mol. The van der Waals surface area contributed by atoms with Gasteiger partial charge in [-0.05, 0) is 0 Å². The van der Waals surface area contributed by atoms with E-state index in [0.717, 1.165) is 0 Å². The Morgan fingerprint density at radius 2 is 2.27 bits per heavy atom. The van der Waals surface area contributed by atoms with Crippen molar-refractivity contribution in [2.75, 3.05) is 0 Å². The summed E-state index contributed by atoms with van der Waals surface area (Å²) in [6.07, 6.45) is 1.33. The second kappa shape index (κ2) is 2.10. The van der Waals surface area contributed by atoms with Crippen molar-refractivity contribution in [2.24, 2.45) is 0 Å². The fourth-order valence-electron chi connectivity index (χ4n) is 0.896. The van der Waals surface area contributed by atoms with Gasteiger partial charge < -0.3 is 10.1 Å². The average Bonchev–Trinajstić information content (AvgIpc) is 2.31. The van der Waals surface area contributed by atoms with Crippen LogP contribution in [0.2, 0.25) is 5.15 Å². The summed E-state index contributed by atoms with van der Waals surface area (Å²) in [5.74, 6) is 0.0439. The van der Waals surface area contributed by atoms with Crippen molar-refractivity contribution in [1.29, 1.82) is 0 Å². The molecule has 2 aromatic rings. The molecule has 0 aromatic carbocycles. The number of aromatic amines is 1. The van der Waals surface area contributed by atoms with E-state index in [0.29, 0.717) is 16.2 Å². The maximum Gasteiger partial charge on any atom is 0.190 e. The van der Waals surface area contributed by atoms with Gasteiger partial charge in [-0.25, -0.2) is 9.97 Å². The number of halogens is 1. The summed E-state index contributed by atoms with van der Waals surface area (Å²) in [6.45, 7) is 0. The van der Waals surface area contributed by atoms with Crippen molar-refractivity contribution in [1.82, 2.24) is 15.0 Å². The van der Waals surface area contributed by atoms with Crippen LogP contribution in [-0.4, -0.2) is 20.1 Å². The van der Waals surface area contributed by atoms with Crippen molar-refractivity contribution in [3.05, 3.63) is 17.5 Å². The molecule has 0 bridgehead atoms. The summed E-state index contributed by atoms with van der Waals surface area (Å²) in [6, 6.07) is 1.48. The zero-order chi connectivity index (χ0) is 7.84. The molecule has 0 spiro atoms. The van der Waals surface area contributed by atoms with Crippen molar-refractivity contribution in [2.45, 2.75) is 0 Å². The third-order valence-corrected chi connectivity index (χ3v) is 1.66. The molecule has 0 saturated heterocycles. The van der Waals surface area contributed by atoms with E-state index in [-0.39, 0.29) is 5.88 Å². The van der Waals surface area contributed by atoms with E-state index in [1.54, 1.807) is 0 Å². The Morgan fingerprint density at radius 3 is 3.00 bits per heavy atom. The second-order valence-electron chi connectivity index (χ2n) is 2.08. The number of hydrogen-bond donors (Lipinski definition) is 2. The highest BCUT2D eigenvalue weighted by molar-refractivity contribution is 6.33. The molecule has 0 saturated carbocycles. The van der Waals surface area contributed by atoms with Gasteiger partial charge in [0, 0.05) is 6.07 Å². The van der Waals surface area contributed by atoms with Gasteiger partial charge in [0.15, 0.2) is 5.88 Å². The lowest BCUT2D eigenvalue weighted by molar-refractivity contribution is 0.458. The summed E-state index contributed by atoms with van der Waals surface area (Å²) in [5.41, 5.74) is 0.544. The first-order valence-electron chi connectivity index (χ1n) is 2.95. The maximum absolute atomic E-state index is 9.00. The van der Waals surface area contributed by atoms with Crippen LogP contribution in [0, 0.1) is 0 Å². The van der Waals surface area contributed by atoms with Gasteiger partial charge in [0.1, 0.15) is 17.1 Å². The summed E-state index contributed by atoms with van der Waals surface area (Å²) >= 11 is 5.69. The molecule has 0 unspecified atom stereocenters. The number of nitrogens with zero attached hydrogens (tertiary/aromatic N) is 2. The van der Waals surface area contributed by atoms with Gasteiger partial charge >= 0.3 is 0 Å². The van der Waals surface area contributed by atoms with Gasteiger partial charge in [0.2, 0.25) is 0 Å². The van der Waals surface area contributed by atoms with Gasteiger partial charge in [-0.2, -0.15) is 0 Å². The van der Waals surface area contributed by atoms with Gasteiger partial charge in [0.25, 0.3) is 0 Å². The van der Waals surface area contributed by atoms with Crippen LogP contribution >= 0.6 is 11.6 Å². The fourth-order valence-corrected chi connectivity index (χ4v) is 1.08. The molecule has 0 amide bonds. The van der Waals surface area contributed by atoms with Crippen LogP contribution in [0.4, 0.5) is 0 Å². The number of aromatic hydroxyl groups is 1. The molecule has 0 aliphatic rings. The third-order valence-electron chi connectivity index (χ3n) is 1.36. The smallest absolute Gasteiger partial charge is 0.190 e. The van der Waals surface area contributed by atoms with E-state index in [9.17, 15) is 0 Å². The van der Waals surface area contributed by atoms with Gasteiger partial charge in [-0.3, -0.25) is 0 Å². The Labute approximate surface area is 66.9 Å². The van der Waals surface area contributed by atoms with Gasteiger partial charge in [-0.1, -0.05) is 11.6 Å². The fraction of sp³-hybridized carbons (Fsp3) is 0.